The number of nitrogens with two attached hydrogens (primary N) is 1. The van der Waals surface area contributed by atoms with Gasteiger partial charge in [-0.3, -0.25) is 4.90 Å². The van der Waals surface area contributed by atoms with E-state index in [1.54, 1.807) is 0 Å². The third-order valence-electron chi connectivity index (χ3n) is 4.39. The van der Waals surface area contributed by atoms with Crippen LogP contribution in [0.2, 0.25) is 0 Å². The van der Waals surface area contributed by atoms with Gasteiger partial charge in [0.2, 0.25) is 0 Å². The van der Waals surface area contributed by atoms with Crippen molar-refractivity contribution in [1.29, 1.82) is 0 Å². The van der Waals surface area contributed by atoms with Gasteiger partial charge < -0.3 is 10.5 Å². The van der Waals surface area contributed by atoms with Crippen molar-refractivity contribution in [3.05, 3.63) is 0 Å². The normalized spacial score (nSPS) is 45.4. The van der Waals surface area contributed by atoms with Crippen LogP contribution in [0.1, 0.15) is 40.0 Å². The maximum atomic E-state index is 6.04. The lowest BCUT2D eigenvalue weighted by molar-refractivity contribution is -0.131. The Hall–Kier alpha value is -0.120. The molecule has 1 aliphatic heterocycles. The fourth-order valence-electron chi connectivity index (χ4n) is 3.52. The third-order valence-corrected chi connectivity index (χ3v) is 4.39. The predicted molar refractivity (Wildman–Crippen MR) is 66.4 cm³/mol. The molecule has 1 saturated heterocycles. The summed E-state index contributed by atoms with van der Waals surface area (Å²) in [5.41, 5.74) is 6.33. The van der Waals surface area contributed by atoms with Gasteiger partial charge in [0.25, 0.3) is 0 Å². The highest BCUT2D eigenvalue weighted by Crippen LogP contribution is 2.43. The number of morpholine rings is 1. The van der Waals surface area contributed by atoms with E-state index in [1.807, 2.05) is 0 Å². The van der Waals surface area contributed by atoms with E-state index in [-0.39, 0.29) is 5.54 Å². The molecule has 94 valence electrons. The van der Waals surface area contributed by atoms with Crippen molar-refractivity contribution >= 4 is 0 Å². The molecule has 0 spiro atoms. The molecule has 0 amide bonds. The van der Waals surface area contributed by atoms with Crippen molar-refractivity contribution in [1.82, 2.24) is 4.90 Å². The Morgan fingerprint density at radius 2 is 2.06 bits per heavy atom. The molecule has 2 unspecified atom stereocenters. The van der Waals surface area contributed by atoms with Crippen molar-refractivity contribution in [3.8, 4) is 0 Å². The average Bonchev–Trinajstić information content (AvgIpc) is 2.24. The second-order valence-corrected chi connectivity index (χ2v) is 5.80. The van der Waals surface area contributed by atoms with Gasteiger partial charge in [-0.15, -0.1) is 0 Å². The van der Waals surface area contributed by atoms with Crippen LogP contribution in [0.4, 0.5) is 0 Å². The Morgan fingerprint density at radius 1 is 1.38 bits per heavy atom. The molecule has 3 heteroatoms. The Morgan fingerprint density at radius 3 is 2.56 bits per heavy atom. The van der Waals surface area contributed by atoms with E-state index in [9.17, 15) is 0 Å². The summed E-state index contributed by atoms with van der Waals surface area (Å²) in [7, 11) is 0. The van der Waals surface area contributed by atoms with Crippen molar-refractivity contribution < 1.29 is 4.74 Å². The summed E-state index contributed by atoms with van der Waals surface area (Å²) in [6.45, 7) is 9.50. The van der Waals surface area contributed by atoms with Crippen molar-refractivity contribution in [2.75, 3.05) is 19.7 Å². The molecule has 3 nitrogen and oxygen atoms in total. The molecule has 2 atom stereocenters. The van der Waals surface area contributed by atoms with Gasteiger partial charge in [0.05, 0.1) is 12.7 Å². The molecule has 0 aromatic carbocycles. The van der Waals surface area contributed by atoms with Crippen molar-refractivity contribution in [3.63, 3.8) is 0 Å². The lowest BCUT2D eigenvalue weighted by Gasteiger charge is -2.57. The lowest BCUT2D eigenvalue weighted by Crippen LogP contribution is -2.67. The standard InChI is InChI=1S/C13H26N2O/c1-4-12-8-16-11(3)7-15(12)13(9-14)5-10(2)6-13/h10-12H,4-9,14H2,1-3H3. The molecule has 0 radical (unpaired) electrons. The molecule has 1 aliphatic carbocycles. The van der Waals surface area contributed by atoms with E-state index in [1.165, 1.54) is 19.3 Å². The molecular weight excluding hydrogens is 200 g/mol. The van der Waals surface area contributed by atoms with Gasteiger partial charge >= 0.3 is 0 Å². The summed E-state index contributed by atoms with van der Waals surface area (Å²) in [6.07, 6.45) is 4.07. The molecule has 0 bridgehead atoms. The van der Waals surface area contributed by atoms with Crippen LogP contribution in [-0.2, 0) is 4.74 Å². The Labute approximate surface area is 99.3 Å². The molecule has 0 aromatic heterocycles. The van der Waals surface area contributed by atoms with Gasteiger partial charge in [-0.05, 0) is 32.1 Å². The summed E-state index contributed by atoms with van der Waals surface area (Å²) < 4.78 is 5.76. The third kappa shape index (κ3) is 2.01. The molecule has 1 saturated carbocycles. The first-order valence-electron chi connectivity index (χ1n) is 6.69. The second-order valence-electron chi connectivity index (χ2n) is 5.80. The van der Waals surface area contributed by atoms with Crippen LogP contribution >= 0.6 is 0 Å². The fraction of sp³-hybridized carbons (Fsp3) is 1.00. The van der Waals surface area contributed by atoms with Crippen LogP contribution in [-0.4, -0.2) is 42.3 Å². The Bertz CT molecular complexity index is 238. The molecule has 16 heavy (non-hydrogen) atoms. The van der Waals surface area contributed by atoms with Gasteiger partial charge in [-0.25, -0.2) is 0 Å². The van der Waals surface area contributed by atoms with Crippen LogP contribution in [0.25, 0.3) is 0 Å². The Kier molecular flexibility index (Phi) is 3.57. The zero-order valence-corrected chi connectivity index (χ0v) is 10.9. The van der Waals surface area contributed by atoms with Crippen molar-refractivity contribution in [2.24, 2.45) is 11.7 Å². The van der Waals surface area contributed by atoms with Crippen LogP contribution in [0.3, 0.4) is 0 Å². The topological polar surface area (TPSA) is 38.5 Å². The van der Waals surface area contributed by atoms with E-state index in [0.29, 0.717) is 12.1 Å². The van der Waals surface area contributed by atoms with Gasteiger partial charge in [0.1, 0.15) is 0 Å². The zero-order chi connectivity index (χ0) is 11.8. The summed E-state index contributed by atoms with van der Waals surface area (Å²) in [6, 6.07) is 0.576. The first-order chi connectivity index (χ1) is 7.61. The van der Waals surface area contributed by atoms with Crippen LogP contribution < -0.4 is 5.73 Å². The highest BCUT2D eigenvalue weighted by atomic mass is 16.5. The fourth-order valence-corrected chi connectivity index (χ4v) is 3.52. The monoisotopic (exact) mass is 226 g/mol. The van der Waals surface area contributed by atoms with Gasteiger partial charge in [0.15, 0.2) is 0 Å². The highest BCUT2D eigenvalue weighted by Gasteiger charge is 2.48. The number of hydrogen-bond acceptors (Lipinski definition) is 3. The largest absolute Gasteiger partial charge is 0.376 e. The molecule has 0 aromatic rings. The maximum Gasteiger partial charge on any atom is 0.0675 e. The smallest absolute Gasteiger partial charge is 0.0675 e. The van der Waals surface area contributed by atoms with Crippen LogP contribution in [0.5, 0.6) is 0 Å². The lowest BCUT2D eigenvalue weighted by atomic mass is 9.67. The molecular formula is C13H26N2O. The minimum atomic E-state index is 0.290. The molecule has 2 aliphatic rings. The molecule has 2 fully saturated rings. The molecule has 2 N–H and O–H groups in total. The van der Waals surface area contributed by atoms with E-state index in [0.717, 1.165) is 25.6 Å². The number of ether oxygens (including phenoxy) is 1. The zero-order valence-electron chi connectivity index (χ0n) is 10.9. The van der Waals surface area contributed by atoms with E-state index >= 15 is 0 Å². The SMILES string of the molecule is CCC1COC(C)CN1C1(CN)CC(C)C1. The minimum Gasteiger partial charge on any atom is -0.376 e. The molecule has 1 heterocycles. The first kappa shape index (κ1) is 12.3. The summed E-state index contributed by atoms with van der Waals surface area (Å²) >= 11 is 0. The van der Waals surface area contributed by atoms with Crippen LogP contribution in [0.15, 0.2) is 0 Å². The maximum absolute atomic E-state index is 6.04. The summed E-state index contributed by atoms with van der Waals surface area (Å²) in [5, 5.41) is 0. The quantitative estimate of drug-likeness (QED) is 0.794. The van der Waals surface area contributed by atoms with Gasteiger partial charge in [-0.1, -0.05) is 13.8 Å². The first-order valence-corrected chi connectivity index (χ1v) is 6.69. The van der Waals surface area contributed by atoms with E-state index in [2.05, 4.69) is 25.7 Å². The second kappa shape index (κ2) is 4.63. The number of nitrogens with zero attached hydrogens (tertiary/aromatic N) is 1. The summed E-state index contributed by atoms with van der Waals surface area (Å²) in [4.78, 5) is 2.65. The van der Waals surface area contributed by atoms with Gasteiger partial charge in [-0.2, -0.15) is 0 Å². The van der Waals surface area contributed by atoms with Gasteiger partial charge in [0, 0.05) is 24.7 Å². The average molecular weight is 226 g/mol. The van der Waals surface area contributed by atoms with E-state index < -0.39 is 0 Å². The minimum absolute atomic E-state index is 0.290. The highest BCUT2D eigenvalue weighted by molar-refractivity contribution is 5.05. The van der Waals surface area contributed by atoms with E-state index in [4.69, 9.17) is 10.5 Å². The molecule has 2 rings (SSSR count). The van der Waals surface area contributed by atoms with Crippen LogP contribution in [0, 0.1) is 5.92 Å². The number of hydrogen-bond donors (Lipinski definition) is 1. The van der Waals surface area contributed by atoms with Crippen molar-refractivity contribution in [2.45, 2.75) is 57.7 Å². The Balaban J connectivity index is 2.09. The predicted octanol–water partition coefficient (Wildman–Crippen LogP) is 1.61. The number of rotatable bonds is 3. The summed E-state index contributed by atoms with van der Waals surface area (Å²) in [5.74, 6) is 0.846.